The molecule has 1 aromatic carbocycles. The van der Waals surface area contributed by atoms with E-state index in [0.717, 1.165) is 17.0 Å². The molecule has 0 aliphatic rings. The molecule has 1 heterocycles. The molecule has 0 bridgehead atoms. The molecule has 2 rings (SSSR count). The van der Waals surface area contributed by atoms with Crippen molar-refractivity contribution in [3.05, 3.63) is 59.9 Å². The maximum Gasteiger partial charge on any atom is 0.274 e. The Bertz CT molecular complexity index is 634. The number of aromatic amines is 1. The highest BCUT2D eigenvalue weighted by molar-refractivity contribution is 5.92. The number of ether oxygens (including phenoxy) is 1. The van der Waals surface area contributed by atoms with Crippen LogP contribution < -0.4 is 4.74 Å². The number of amides is 1. The van der Waals surface area contributed by atoms with Gasteiger partial charge >= 0.3 is 0 Å². The van der Waals surface area contributed by atoms with Gasteiger partial charge in [0, 0.05) is 17.8 Å². The number of aryl methyl sites for hydroxylation is 1. The Morgan fingerprint density at radius 2 is 2.24 bits per heavy atom. The van der Waals surface area contributed by atoms with Crippen LogP contribution in [0.3, 0.4) is 0 Å². The number of hydrogen-bond acceptors (Lipinski definition) is 3. The van der Waals surface area contributed by atoms with Gasteiger partial charge < -0.3 is 9.64 Å². The van der Waals surface area contributed by atoms with Crippen LogP contribution in [0.5, 0.6) is 5.75 Å². The molecule has 5 heteroatoms. The first-order chi connectivity index (χ1) is 10.2. The quantitative estimate of drug-likeness (QED) is 0.830. The molecule has 0 fully saturated rings. The van der Waals surface area contributed by atoms with Gasteiger partial charge in [0.1, 0.15) is 11.4 Å². The number of carbonyl (C=O) groups excluding carboxylic acids is 1. The third-order valence-corrected chi connectivity index (χ3v) is 3.12. The van der Waals surface area contributed by atoms with E-state index in [9.17, 15) is 4.79 Å². The summed E-state index contributed by atoms with van der Waals surface area (Å²) in [4.78, 5) is 14.2. The summed E-state index contributed by atoms with van der Waals surface area (Å²) in [5.41, 5.74) is 2.21. The van der Waals surface area contributed by atoms with E-state index in [4.69, 9.17) is 4.74 Å². The maximum atomic E-state index is 12.5. The van der Waals surface area contributed by atoms with Crippen molar-refractivity contribution < 1.29 is 9.53 Å². The van der Waals surface area contributed by atoms with Crippen LogP contribution in [0.25, 0.3) is 0 Å². The zero-order chi connectivity index (χ0) is 15.2. The second kappa shape index (κ2) is 6.74. The lowest BCUT2D eigenvalue weighted by Gasteiger charge is -2.21. The summed E-state index contributed by atoms with van der Waals surface area (Å²) in [5.74, 6) is 0.628. The first-order valence-electron chi connectivity index (χ1n) is 6.69. The molecule has 0 aliphatic heterocycles. The predicted molar refractivity (Wildman–Crippen MR) is 81.3 cm³/mol. The summed E-state index contributed by atoms with van der Waals surface area (Å²) in [6, 6.07) is 9.38. The Morgan fingerprint density at radius 1 is 1.48 bits per heavy atom. The van der Waals surface area contributed by atoms with Gasteiger partial charge in [0.2, 0.25) is 0 Å². The number of nitrogens with one attached hydrogen (secondary N) is 1. The number of aromatic nitrogens is 2. The number of methoxy groups -OCH3 is 1. The predicted octanol–water partition coefficient (Wildman–Crippen LogP) is 2.56. The number of rotatable bonds is 6. The van der Waals surface area contributed by atoms with Crippen LogP contribution in [0.1, 0.15) is 21.7 Å². The van der Waals surface area contributed by atoms with E-state index in [0.29, 0.717) is 18.8 Å². The minimum Gasteiger partial charge on any atom is -0.496 e. The number of hydrogen-bond donors (Lipinski definition) is 1. The summed E-state index contributed by atoms with van der Waals surface area (Å²) in [5, 5.41) is 6.81. The molecule has 110 valence electrons. The Morgan fingerprint density at radius 3 is 2.86 bits per heavy atom. The SMILES string of the molecule is C=CCN(Cc1ccccc1OC)C(=O)c1cc(C)[nH]n1. The van der Waals surface area contributed by atoms with Crippen LogP contribution in [-0.4, -0.2) is 34.7 Å². The van der Waals surface area contributed by atoms with Crippen LogP contribution in [0.15, 0.2) is 43.0 Å². The molecule has 0 radical (unpaired) electrons. The molecular weight excluding hydrogens is 266 g/mol. The molecule has 2 aromatic rings. The molecule has 0 saturated heterocycles. The van der Waals surface area contributed by atoms with Gasteiger partial charge in [-0.25, -0.2) is 0 Å². The topological polar surface area (TPSA) is 58.2 Å². The van der Waals surface area contributed by atoms with Crippen molar-refractivity contribution in [3.63, 3.8) is 0 Å². The second-order valence-electron chi connectivity index (χ2n) is 4.72. The van der Waals surface area contributed by atoms with Gasteiger partial charge in [-0.05, 0) is 19.1 Å². The highest BCUT2D eigenvalue weighted by Gasteiger charge is 2.18. The zero-order valence-electron chi connectivity index (χ0n) is 12.3. The fourth-order valence-electron chi connectivity index (χ4n) is 2.10. The van der Waals surface area contributed by atoms with Gasteiger partial charge in [-0.2, -0.15) is 5.10 Å². The highest BCUT2D eigenvalue weighted by atomic mass is 16.5. The molecule has 1 N–H and O–H groups in total. The van der Waals surface area contributed by atoms with Gasteiger partial charge in [0.25, 0.3) is 5.91 Å². The standard InChI is InChI=1S/C16H19N3O2/c1-4-9-19(16(20)14-10-12(2)17-18-14)11-13-7-5-6-8-15(13)21-3/h4-8,10H,1,9,11H2,2-3H3,(H,17,18). The maximum absolute atomic E-state index is 12.5. The van der Waals surface area contributed by atoms with Crippen molar-refractivity contribution >= 4 is 5.91 Å². The normalized spacial score (nSPS) is 10.2. The molecule has 0 spiro atoms. The number of H-pyrrole nitrogens is 1. The molecule has 21 heavy (non-hydrogen) atoms. The van der Waals surface area contributed by atoms with Gasteiger partial charge in [-0.15, -0.1) is 6.58 Å². The molecule has 0 saturated carbocycles. The first-order valence-corrected chi connectivity index (χ1v) is 6.69. The van der Waals surface area contributed by atoms with Crippen LogP contribution in [-0.2, 0) is 6.54 Å². The van der Waals surface area contributed by atoms with E-state index >= 15 is 0 Å². The molecule has 0 atom stereocenters. The Labute approximate surface area is 124 Å². The van der Waals surface area contributed by atoms with Crippen molar-refractivity contribution in [2.75, 3.05) is 13.7 Å². The lowest BCUT2D eigenvalue weighted by molar-refractivity contribution is 0.0755. The van der Waals surface area contributed by atoms with Gasteiger partial charge in [0.15, 0.2) is 0 Å². The van der Waals surface area contributed by atoms with Gasteiger partial charge in [-0.3, -0.25) is 9.89 Å². The molecular formula is C16H19N3O2. The van der Waals surface area contributed by atoms with Crippen molar-refractivity contribution in [2.24, 2.45) is 0 Å². The first kappa shape index (κ1) is 14.8. The fraction of sp³-hybridized carbons (Fsp3) is 0.250. The van der Waals surface area contributed by atoms with E-state index < -0.39 is 0 Å². The van der Waals surface area contributed by atoms with Crippen LogP contribution >= 0.6 is 0 Å². The average molecular weight is 285 g/mol. The summed E-state index contributed by atoms with van der Waals surface area (Å²) in [6.45, 7) is 6.47. The largest absolute Gasteiger partial charge is 0.496 e. The van der Waals surface area contributed by atoms with E-state index in [1.807, 2.05) is 31.2 Å². The van der Waals surface area contributed by atoms with Gasteiger partial charge in [0.05, 0.1) is 13.7 Å². The smallest absolute Gasteiger partial charge is 0.274 e. The molecule has 0 unspecified atom stereocenters. The molecule has 1 amide bonds. The minimum atomic E-state index is -0.134. The van der Waals surface area contributed by atoms with Crippen molar-refractivity contribution in [2.45, 2.75) is 13.5 Å². The molecule has 0 aliphatic carbocycles. The van der Waals surface area contributed by atoms with E-state index in [2.05, 4.69) is 16.8 Å². The van der Waals surface area contributed by atoms with E-state index in [-0.39, 0.29) is 5.91 Å². The van der Waals surface area contributed by atoms with Crippen LogP contribution in [0.4, 0.5) is 0 Å². The summed E-state index contributed by atoms with van der Waals surface area (Å²) >= 11 is 0. The lowest BCUT2D eigenvalue weighted by Crippen LogP contribution is -2.31. The second-order valence-corrected chi connectivity index (χ2v) is 4.72. The highest BCUT2D eigenvalue weighted by Crippen LogP contribution is 2.20. The Hall–Kier alpha value is -2.56. The third-order valence-electron chi connectivity index (χ3n) is 3.12. The number of benzene rings is 1. The third kappa shape index (κ3) is 3.51. The molecule has 1 aromatic heterocycles. The van der Waals surface area contributed by atoms with Crippen LogP contribution in [0, 0.1) is 6.92 Å². The van der Waals surface area contributed by atoms with Crippen molar-refractivity contribution in [1.29, 1.82) is 0 Å². The Balaban J connectivity index is 2.22. The number of para-hydroxylation sites is 1. The lowest BCUT2D eigenvalue weighted by atomic mass is 10.1. The summed E-state index contributed by atoms with van der Waals surface area (Å²) in [6.07, 6.45) is 1.70. The summed E-state index contributed by atoms with van der Waals surface area (Å²) < 4.78 is 5.33. The zero-order valence-corrected chi connectivity index (χ0v) is 12.3. The van der Waals surface area contributed by atoms with Crippen molar-refractivity contribution in [3.8, 4) is 5.75 Å². The number of carbonyl (C=O) groups is 1. The van der Waals surface area contributed by atoms with Crippen molar-refractivity contribution in [1.82, 2.24) is 15.1 Å². The van der Waals surface area contributed by atoms with E-state index in [1.54, 1.807) is 24.2 Å². The summed E-state index contributed by atoms with van der Waals surface area (Å²) in [7, 11) is 1.62. The average Bonchev–Trinajstić information content (AvgIpc) is 2.93. The van der Waals surface area contributed by atoms with E-state index in [1.165, 1.54) is 0 Å². The minimum absolute atomic E-state index is 0.134. The Kier molecular flexibility index (Phi) is 4.77. The monoisotopic (exact) mass is 285 g/mol. The van der Waals surface area contributed by atoms with Gasteiger partial charge in [-0.1, -0.05) is 24.3 Å². The number of nitrogens with zero attached hydrogens (tertiary/aromatic N) is 2. The molecule has 5 nitrogen and oxygen atoms in total. The van der Waals surface area contributed by atoms with Crippen LogP contribution in [0.2, 0.25) is 0 Å². The fourth-order valence-corrected chi connectivity index (χ4v) is 2.10.